The Bertz CT molecular complexity index is 817. The number of amides is 1. The third-order valence-corrected chi connectivity index (χ3v) is 6.41. The normalized spacial score (nSPS) is 12.8. The van der Waals surface area contributed by atoms with E-state index in [4.69, 9.17) is 0 Å². The number of thiazole rings is 1. The zero-order valence-corrected chi connectivity index (χ0v) is 16.7. The molecular formula is C16H21N3O3S3. The number of thioether (sulfide) groups is 1. The van der Waals surface area contributed by atoms with Crippen LogP contribution in [0.2, 0.25) is 0 Å². The summed E-state index contributed by atoms with van der Waals surface area (Å²) in [4.78, 5) is 16.8. The highest BCUT2D eigenvalue weighted by Gasteiger charge is 2.26. The maximum absolute atomic E-state index is 12.6. The Hall–Kier alpha value is -1.42. The molecule has 1 aromatic heterocycles. The van der Waals surface area contributed by atoms with Crippen molar-refractivity contribution in [2.24, 2.45) is 0 Å². The van der Waals surface area contributed by atoms with E-state index in [1.165, 1.54) is 23.5 Å². The molecule has 2 N–H and O–H groups in total. The van der Waals surface area contributed by atoms with Crippen LogP contribution in [-0.2, 0) is 14.8 Å². The SMILES string of the molecule is CSCCC(NS(=O)(=O)c1ccc(C)cc1)C(=O)Nc1nc(C)cs1. The minimum absolute atomic E-state index is 0.144. The van der Waals surface area contributed by atoms with Crippen LogP contribution in [0.25, 0.3) is 0 Å². The Morgan fingerprint density at radius 1 is 1.28 bits per heavy atom. The lowest BCUT2D eigenvalue weighted by atomic mass is 10.2. The van der Waals surface area contributed by atoms with Gasteiger partial charge in [-0.1, -0.05) is 17.7 Å². The lowest BCUT2D eigenvalue weighted by Crippen LogP contribution is -2.44. The van der Waals surface area contributed by atoms with Crippen molar-refractivity contribution in [3.05, 3.63) is 40.9 Å². The summed E-state index contributed by atoms with van der Waals surface area (Å²) in [5, 5.41) is 4.97. The van der Waals surface area contributed by atoms with Crippen LogP contribution in [0.5, 0.6) is 0 Å². The second-order valence-corrected chi connectivity index (χ2v) is 9.11. The van der Waals surface area contributed by atoms with E-state index >= 15 is 0 Å². The van der Waals surface area contributed by atoms with Crippen LogP contribution in [-0.4, -0.2) is 37.4 Å². The fourth-order valence-electron chi connectivity index (χ4n) is 2.06. The summed E-state index contributed by atoms with van der Waals surface area (Å²) in [6.07, 6.45) is 2.30. The fourth-order valence-corrected chi connectivity index (χ4v) is 4.45. The van der Waals surface area contributed by atoms with Crippen LogP contribution < -0.4 is 10.0 Å². The number of hydrogen-bond acceptors (Lipinski definition) is 6. The fraction of sp³-hybridized carbons (Fsp3) is 0.375. The summed E-state index contributed by atoms with van der Waals surface area (Å²) in [6.45, 7) is 3.71. The molecule has 0 bridgehead atoms. The van der Waals surface area contributed by atoms with Crippen molar-refractivity contribution in [3.8, 4) is 0 Å². The van der Waals surface area contributed by atoms with Gasteiger partial charge in [-0.15, -0.1) is 11.3 Å². The molecule has 1 amide bonds. The van der Waals surface area contributed by atoms with Crippen LogP contribution in [0.1, 0.15) is 17.7 Å². The number of rotatable bonds is 8. The monoisotopic (exact) mass is 399 g/mol. The molecule has 9 heteroatoms. The van der Waals surface area contributed by atoms with Crippen LogP contribution >= 0.6 is 23.1 Å². The summed E-state index contributed by atoms with van der Waals surface area (Å²) in [5.41, 5.74) is 1.77. The lowest BCUT2D eigenvalue weighted by Gasteiger charge is -2.17. The van der Waals surface area contributed by atoms with Crippen molar-refractivity contribution in [2.75, 3.05) is 17.3 Å². The maximum Gasteiger partial charge on any atom is 0.244 e. The number of aryl methyl sites for hydroxylation is 2. The Balaban J connectivity index is 2.15. The largest absolute Gasteiger partial charge is 0.301 e. The molecule has 6 nitrogen and oxygen atoms in total. The zero-order valence-electron chi connectivity index (χ0n) is 14.3. The summed E-state index contributed by atoms with van der Waals surface area (Å²) >= 11 is 2.86. The van der Waals surface area contributed by atoms with Crippen molar-refractivity contribution in [1.82, 2.24) is 9.71 Å². The number of nitrogens with zero attached hydrogens (tertiary/aromatic N) is 1. The van der Waals surface area contributed by atoms with E-state index in [1.807, 2.05) is 25.5 Å². The number of sulfonamides is 1. The number of anilines is 1. The molecule has 0 saturated heterocycles. The standard InChI is InChI=1S/C16H21N3O3S3/c1-11-4-6-13(7-5-11)25(21,22)19-14(8-9-23-3)15(20)18-16-17-12(2)10-24-16/h4-7,10,14,19H,8-9H2,1-3H3,(H,17,18,20). The molecule has 0 aliphatic rings. The third kappa shape index (κ3) is 5.81. The van der Waals surface area contributed by atoms with Gasteiger partial charge < -0.3 is 5.32 Å². The average molecular weight is 400 g/mol. The van der Waals surface area contributed by atoms with Gasteiger partial charge in [-0.05, 0) is 44.4 Å². The molecule has 1 atom stereocenters. The van der Waals surface area contributed by atoms with Gasteiger partial charge in [0.2, 0.25) is 15.9 Å². The Kier molecular flexibility index (Phi) is 7.00. The predicted molar refractivity (Wildman–Crippen MR) is 104 cm³/mol. The van der Waals surface area contributed by atoms with E-state index in [-0.39, 0.29) is 4.90 Å². The van der Waals surface area contributed by atoms with Gasteiger partial charge in [-0.25, -0.2) is 13.4 Å². The number of hydrogen-bond donors (Lipinski definition) is 2. The van der Waals surface area contributed by atoms with Gasteiger partial charge in [-0.3, -0.25) is 4.79 Å². The minimum Gasteiger partial charge on any atom is -0.301 e. The van der Waals surface area contributed by atoms with Gasteiger partial charge >= 0.3 is 0 Å². The highest BCUT2D eigenvalue weighted by molar-refractivity contribution is 7.98. The predicted octanol–water partition coefficient (Wildman–Crippen LogP) is 2.80. The first-order valence-corrected chi connectivity index (χ1v) is 11.4. The van der Waals surface area contributed by atoms with Gasteiger partial charge in [0.25, 0.3) is 0 Å². The summed E-state index contributed by atoms with van der Waals surface area (Å²) in [6, 6.07) is 5.66. The smallest absolute Gasteiger partial charge is 0.244 e. The van der Waals surface area contributed by atoms with E-state index < -0.39 is 22.0 Å². The van der Waals surface area contributed by atoms with E-state index in [0.717, 1.165) is 11.3 Å². The zero-order chi connectivity index (χ0) is 18.4. The van der Waals surface area contributed by atoms with Crippen LogP contribution in [0, 0.1) is 13.8 Å². The maximum atomic E-state index is 12.6. The number of benzene rings is 1. The lowest BCUT2D eigenvalue weighted by molar-refractivity contribution is -0.117. The quantitative estimate of drug-likeness (QED) is 0.713. The first-order chi connectivity index (χ1) is 11.8. The van der Waals surface area contributed by atoms with Crippen LogP contribution in [0.3, 0.4) is 0 Å². The number of carbonyl (C=O) groups excluding carboxylic acids is 1. The molecule has 0 fully saturated rings. The second-order valence-electron chi connectivity index (χ2n) is 5.55. The number of aromatic nitrogens is 1. The number of carbonyl (C=O) groups is 1. The van der Waals surface area contributed by atoms with Crippen molar-refractivity contribution in [2.45, 2.75) is 31.2 Å². The number of nitrogens with one attached hydrogen (secondary N) is 2. The van der Waals surface area contributed by atoms with Crippen molar-refractivity contribution >= 4 is 44.2 Å². The molecule has 0 aliphatic heterocycles. The molecule has 0 saturated carbocycles. The summed E-state index contributed by atoms with van der Waals surface area (Å²) in [5.74, 6) is 0.255. The summed E-state index contributed by atoms with van der Waals surface area (Å²) < 4.78 is 27.6. The molecule has 0 radical (unpaired) electrons. The average Bonchev–Trinajstić information content (AvgIpc) is 2.96. The van der Waals surface area contributed by atoms with Crippen LogP contribution in [0.15, 0.2) is 34.5 Å². The van der Waals surface area contributed by atoms with E-state index in [0.29, 0.717) is 17.3 Å². The van der Waals surface area contributed by atoms with E-state index in [1.54, 1.807) is 23.9 Å². The molecule has 0 spiro atoms. The minimum atomic E-state index is -3.78. The van der Waals surface area contributed by atoms with Crippen molar-refractivity contribution in [1.29, 1.82) is 0 Å². The van der Waals surface area contributed by atoms with E-state index in [9.17, 15) is 13.2 Å². The van der Waals surface area contributed by atoms with Gasteiger partial charge in [0.15, 0.2) is 5.13 Å². The van der Waals surface area contributed by atoms with E-state index in [2.05, 4.69) is 15.0 Å². The first-order valence-electron chi connectivity index (χ1n) is 7.63. The second kappa shape index (κ2) is 8.79. The molecule has 1 aromatic carbocycles. The molecular weight excluding hydrogens is 378 g/mol. The third-order valence-electron chi connectivity index (χ3n) is 3.40. The first kappa shape index (κ1) is 19.9. The van der Waals surface area contributed by atoms with Crippen molar-refractivity contribution in [3.63, 3.8) is 0 Å². The topological polar surface area (TPSA) is 88.2 Å². The van der Waals surface area contributed by atoms with Gasteiger partial charge in [-0.2, -0.15) is 16.5 Å². The van der Waals surface area contributed by atoms with Crippen LogP contribution in [0.4, 0.5) is 5.13 Å². The summed E-state index contributed by atoms with van der Waals surface area (Å²) in [7, 11) is -3.78. The molecule has 0 aliphatic carbocycles. The molecule has 136 valence electrons. The highest BCUT2D eigenvalue weighted by atomic mass is 32.2. The Labute approximate surface area is 156 Å². The molecule has 25 heavy (non-hydrogen) atoms. The van der Waals surface area contributed by atoms with Gasteiger partial charge in [0.05, 0.1) is 10.6 Å². The Morgan fingerprint density at radius 3 is 2.52 bits per heavy atom. The molecule has 2 aromatic rings. The van der Waals surface area contributed by atoms with Crippen molar-refractivity contribution < 1.29 is 13.2 Å². The highest BCUT2D eigenvalue weighted by Crippen LogP contribution is 2.17. The molecule has 1 heterocycles. The Morgan fingerprint density at radius 2 is 1.96 bits per heavy atom. The van der Waals surface area contributed by atoms with Gasteiger partial charge in [0, 0.05) is 5.38 Å². The van der Waals surface area contributed by atoms with Gasteiger partial charge in [0.1, 0.15) is 6.04 Å². The molecule has 2 rings (SSSR count). The molecule has 1 unspecified atom stereocenters.